The van der Waals surface area contributed by atoms with Crippen molar-refractivity contribution in [2.24, 2.45) is 0 Å². The molecule has 0 unspecified atom stereocenters. The monoisotopic (exact) mass is 346 g/mol. The summed E-state index contributed by atoms with van der Waals surface area (Å²) in [4.78, 5) is 12.6. The highest BCUT2D eigenvalue weighted by atomic mass is 32.1. The molecule has 0 fully saturated rings. The number of methoxy groups -OCH3 is 1. The Morgan fingerprint density at radius 1 is 1.17 bits per heavy atom. The minimum absolute atomic E-state index is 0.308. The lowest BCUT2D eigenvalue weighted by Gasteiger charge is -1.97. The summed E-state index contributed by atoms with van der Waals surface area (Å²) in [6, 6.07) is 0. The van der Waals surface area contributed by atoms with Crippen molar-refractivity contribution in [3.05, 3.63) is 57.5 Å². The minimum Gasteiger partial charge on any atom is -0.487 e. The fraction of sp³-hybridized carbons (Fsp3) is 0.350. The van der Waals surface area contributed by atoms with Crippen molar-refractivity contribution in [1.29, 1.82) is 0 Å². The van der Waals surface area contributed by atoms with Gasteiger partial charge in [0.25, 0.3) is 0 Å². The van der Waals surface area contributed by atoms with E-state index in [-0.39, 0.29) is 5.97 Å². The maximum Gasteiger partial charge on any atom is 0.330 e. The summed E-state index contributed by atoms with van der Waals surface area (Å²) in [5.74, 6) is -0.308. The van der Waals surface area contributed by atoms with Gasteiger partial charge in [-0.2, -0.15) is 0 Å². The number of thiophene rings is 1. The molecule has 1 rings (SSSR count). The number of rotatable bonds is 7. The largest absolute Gasteiger partial charge is 0.487 e. The van der Waals surface area contributed by atoms with Crippen LogP contribution in [0.2, 0.25) is 0 Å². The molecular weight excluding hydrogens is 320 g/mol. The highest BCUT2D eigenvalue weighted by molar-refractivity contribution is 7.14. The standard InChI is InChI=1S/C20H26O3S/c1-7-23-19(21)13-15(3)10-8-9-14(2)11-12-18-16(4)20(22-6)24-17(18)5/h8-13H,7H2,1-6H3. The molecule has 0 aliphatic heterocycles. The summed E-state index contributed by atoms with van der Waals surface area (Å²) in [6.07, 6.45) is 11.5. The van der Waals surface area contributed by atoms with Crippen LogP contribution in [0, 0.1) is 13.8 Å². The summed E-state index contributed by atoms with van der Waals surface area (Å²) in [5, 5.41) is 0.966. The average Bonchev–Trinajstić information content (AvgIpc) is 2.79. The molecule has 0 aliphatic rings. The Labute approximate surface area is 149 Å². The number of esters is 1. The molecule has 0 N–H and O–H groups in total. The van der Waals surface area contributed by atoms with Gasteiger partial charge in [-0.05, 0) is 45.8 Å². The zero-order valence-electron chi connectivity index (χ0n) is 15.3. The van der Waals surface area contributed by atoms with Crippen LogP contribution in [0.3, 0.4) is 0 Å². The van der Waals surface area contributed by atoms with E-state index in [0.717, 1.165) is 16.2 Å². The lowest BCUT2D eigenvalue weighted by molar-refractivity contribution is -0.137. The van der Waals surface area contributed by atoms with Gasteiger partial charge in [0.1, 0.15) is 0 Å². The molecule has 3 nitrogen and oxygen atoms in total. The zero-order valence-corrected chi connectivity index (χ0v) is 16.1. The molecule has 1 heterocycles. The summed E-state index contributed by atoms with van der Waals surface area (Å²) in [6.45, 7) is 10.3. The molecule has 0 saturated carbocycles. The van der Waals surface area contributed by atoms with Crippen molar-refractivity contribution in [3.8, 4) is 5.06 Å². The van der Waals surface area contributed by atoms with Crippen LogP contribution >= 0.6 is 11.3 Å². The number of allylic oxidation sites excluding steroid dienone is 6. The van der Waals surface area contributed by atoms with Crippen molar-refractivity contribution in [1.82, 2.24) is 0 Å². The van der Waals surface area contributed by atoms with E-state index >= 15 is 0 Å². The van der Waals surface area contributed by atoms with E-state index in [0.29, 0.717) is 6.61 Å². The zero-order chi connectivity index (χ0) is 18.1. The minimum atomic E-state index is -0.308. The first-order chi connectivity index (χ1) is 11.4. The number of carbonyl (C=O) groups is 1. The SMILES string of the molecule is CCOC(=O)C=C(C)C=CC=C(C)C=Cc1c(C)sc(OC)c1C. The summed E-state index contributed by atoms with van der Waals surface area (Å²) >= 11 is 1.67. The molecule has 24 heavy (non-hydrogen) atoms. The van der Waals surface area contributed by atoms with Crippen molar-refractivity contribution in [3.63, 3.8) is 0 Å². The van der Waals surface area contributed by atoms with Crippen LogP contribution in [0.1, 0.15) is 36.8 Å². The first-order valence-electron chi connectivity index (χ1n) is 7.91. The second-order valence-corrected chi connectivity index (χ2v) is 6.62. The Balaban J connectivity index is 2.76. The van der Waals surface area contributed by atoms with Crippen molar-refractivity contribution >= 4 is 23.4 Å². The van der Waals surface area contributed by atoms with Gasteiger partial charge in [-0.15, -0.1) is 11.3 Å². The van der Waals surface area contributed by atoms with Gasteiger partial charge in [0, 0.05) is 16.5 Å². The lowest BCUT2D eigenvalue weighted by atomic mass is 10.1. The van der Waals surface area contributed by atoms with E-state index in [1.807, 2.05) is 32.1 Å². The number of carbonyl (C=O) groups excluding carboxylic acids is 1. The van der Waals surface area contributed by atoms with Gasteiger partial charge in [0.15, 0.2) is 5.06 Å². The van der Waals surface area contributed by atoms with Crippen LogP contribution in [0.5, 0.6) is 5.06 Å². The molecule has 0 aliphatic carbocycles. The molecule has 1 aromatic rings. The van der Waals surface area contributed by atoms with E-state index in [9.17, 15) is 4.79 Å². The second kappa shape index (κ2) is 9.93. The highest BCUT2D eigenvalue weighted by Gasteiger charge is 2.09. The van der Waals surface area contributed by atoms with E-state index in [1.54, 1.807) is 25.4 Å². The molecule has 0 amide bonds. The Hall–Kier alpha value is -2.07. The van der Waals surface area contributed by atoms with Crippen molar-refractivity contribution < 1.29 is 14.3 Å². The Morgan fingerprint density at radius 3 is 2.46 bits per heavy atom. The van der Waals surface area contributed by atoms with E-state index in [1.165, 1.54) is 22.1 Å². The third kappa shape index (κ3) is 6.20. The summed E-state index contributed by atoms with van der Waals surface area (Å²) in [5.41, 5.74) is 4.37. The molecule has 130 valence electrons. The van der Waals surface area contributed by atoms with Crippen LogP contribution in [-0.2, 0) is 9.53 Å². The maximum absolute atomic E-state index is 11.3. The van der Waals surface area contributed by atoms with Crippen LogP contribution in [0.15, 0.2) is 41.5 Å². The number of hydrogen-bond acceptors (Lipinski definition) is 4. The van der Waals surface area contributed by atoms with Gasteiger partial charge >= 0.3 is 5.97 Å². The Bertz CT molecular complexity index is 688. The summed E-state index contributed by atoms with van der Waals surface area (Å²) < 4.78 is 10.2. The third-order valence-electron chi connectivity index (χ3n) is 3.38. The molecule has 0 bridgehead atoms. The van der Waals surface area contributed by atoms with Gasteiger partial charge in [-0.3, -0.25) is 0 Å². The highest BCUT2D eigenvalue weighted by Crippen LogP contribution is 2.34. The van der Waals surface area contributed by atoms with Gasteiger partial charge in [0.2, 0.25) is 0 Å². The van der Waals surface area contributed by atoms with Gasteiger partial charge in [-0.1, -0.05) is 36.0 Å². The normalized spacial score (nSPS) is 13.1. The van der Waals surface area contributed by atoms with E-state index in [2.05, 4.69) is 26.0 Å². The topological polar surface area (TPSA) is 35.5 Å². The van der Waals surface area contributed by atoms with Crippen molar-refractivity contribution in [2.75, 3.05) is 13.7 Å². The van der Waals surface area contributed by atoms with Crippen LogP contribution in [-0.4, -0.2) is 19.7 Å². The van der Waals surface area contributed by atoms with Gasteiger partial charge in [0.05, 0.1) is 13.7 Å². The lowest BCUT2D eigenvalue weighted by Crippen LogP contribution is -1.99. The predicted molar refractivity (Wildman–Crippen MR) is 103 cm³/mol. The first-order valence-corrected chi connectivity index (χ1v) is 8.72. The van der Waals surface area contributed by atoms with Crippen LogP contribution in [0.25, 0.3) is 6.08 Å². The Kier molecular flexibility index (Phi) is 8.27. The molecule has 0 radical (unpaired) electrons. The molecule has 1 aromatic heterocycles. The maximum atomic E-state index is 11.3. The van der Waals surface area contributed by atoms with Crippen LogP contribution in [0.4, 0.5) is 0 Å². The average molecular weight is 346 g/mol. The van der Waals surface area contributed by atoms with Gasteiger partial charge in [-0.25, -0.2) is 4.79 Å². The predicted octanol–water partition coefficient (Wildman–Crippen LogP) is 5.40. The number of hydrogen-bond donors (Lipinski definition) is 0. The number of aryl methyl sites for hydroxylation is 1. The van der Waals surface area contributed by atoms with Crippen molar-refractivity contribution in [2.45, 2.75) is 34.6 Å². The quantitative estimate of drug-likeness (QED) is 0.377. The molecule has 0 aromatic carbocycles. The fourth-order valence-electron chi connectivity index (χ4n) is 2.12. The molecular formula is C20H26O3S. The molecule has 0 atom stereocenters. The molecule has 0 saturated heterocycles. The smallest absolute Gasteiger partial charge is 0.330 e. The van der Waals surface area contributed by atoms with E-state index in [4.69, 9.17) is 9.47 Å². The first kappa shape index (κ1) is 20.0. The fourth-order valence-corrected chi connectivity index (χ4v) is 3.08. The second-order valence-electron chi connectivity index (χ2n) is 5.43. The van der Waals surface area contributed by atoms with Gasteiger partial charge < -0.3 is 9.47 Å². The van der Waals surface area contributed by atoms with Crippen LogP contribution < -0.4 is 4.74 Å². The molecule has 4 heteroatoms. The molecule has 0 spiro atoms. The third-order valence-corrected chi connectivity index (χ3v) is 4.57. The Morgan fingerprint density at radius 2 is 1.88 bits per heavy atom. The van der Waals surface area contributed by atoms with E-state index < -0.39 is 0 Å². The number of ether oxygens (including phenoxy) is 2. The summed E-state index contributed by atoms with van der Waals surface area (Å²) in [7, 11) is 1.70.